The number of benzene rings is 1. The quantitative estimate of drug-likeness (QED) is 0.916. The first-order chi connectivity index (χ1) is 9.38. The Bertz CT molecular complexity index is 536. The third-order valence-corrected chi connectivity index (χ3v) is 4.16. The van der Waals surface area contributed by atoms with Gasteiger partial charge in [0.05, 0.1) is 11.2 Å². The monoisotopic (exact) mass is 257 g/mol. The summed E-state index contributed by atoms with van der Waals surface area (Å²) >= 11 is 0. The Kier molecular flexibility index (Phi) is 3.83. The van der Waals surface area contributed by atoms with E-state index in [1.165, 1.54) is 42.4 Å². The van der Waals surface area contributed by atoms with E-state index in [1.807, 2.05) is 0 Å². The molecule has 102 valence electrons. The van der Waals surface area contributed by atoms with Crippen molar-refractivity contribution in [3.05, 3.63) is 30.0 Å². The summed E-state index contributed by atoms with van der Waals surface area (Å²) in [6.07, 6.45) is 5.12. The molecule has 3 nitrogen and oxygen atoms in total. The van der Waals surface area contributed by atoms with Gasteiger partial charge in [-0.25, -0.2) is 0 Å². The molecule has 0 spiro atoms. The third kappa shape index (κ3) is 2.66. The summed E-state index contributed by atoms with van der Waals surface area (Å²) in [4.78, 5) is 0. The van der Waals surface area contributed by atoms with Gasteiger partial charge in [0.15, 0.2) is 0 Å². The summed E-state index contributed by atoms with van der Waals surface area (Å²) in [6, 6.07) is 8.63. The number of nitrogens with zero attached hydrogens (tertiary/aromatic N) is 2. The molecule has 2 aromatic rings. The number of fused-ring (bicyclic) bond motifs is 1. The molecule has 19 heavy (non-hydrogen) atoms. The molecule has 1 aliphatic rings. The van der Waals surface area contributed by atoms with Gasteiger partial charge in [0, 0.05) is 11.9 Å². The van der Waals surface area contributed by atoms with Crippen LogP contribution in [0, 0.1) is 5.92 Å². The summed E-state index contributed by atoms with van der Waals surface area (Å²) in [5.41, 5.74) is 2.56. The Morgan fingerprint density at radius 2 is 2.21 bits per heavy atom. The van der Waals surface area contributed by atoms with Crippen molar-refractivity contribution in [2.45, 2.75) is 39.2 Å². The van der Waals surface area contributed by atoms with Crippen molar-refractivity contribution < 1.29 is 0 Å². The molecule has 0 bridgehead atoms. The first-order valence-electron chi connectivity index (χ1n) is 7.53. The Balaban J connectivity index is 1.87. The lowest BCUT2D eigenvalue weighted by molar-refractivity contribution is 0.470. The van der Waals surface area contributed by atoms with Crippen LogP contribution >= 0.6 is 0 Å². The zero-order valence-corrected chi connectivity index (χ0v) is 11.7. The van der Waals surface area contributed by atoms with Gasteiger partial charge in [0.2, 0.25) is 0 Å². The predicted octanol–water partition coefficient (Wildman–Crippen LogP) is 2.99. The standard InChI is InChI=1S/C16H23N3/c1-2-19-16-9-4-3-8-14(16)15(18-19)11-13-7-5-6-10-17-12-13/h3-4,8-9,13,17H,2,5-7,10-12H2,1H3. The van der Waals surface area contributed by atoms with E-state index in [0.717, 1.165) is 25.4 Å². The zero-order valence-electron chi connectivity index (χ0n) is 11.7. The second-order valence-corrected chi connectivity index (χ2v) is 5.55. The molecule has 2 heterocycles. The molecule has 1 saturated heterocycles. The number of nitrogens with one attached hydrogen (secondary N) is 1. The highest BCUT2D eigenvalue weighted by atomic mass is 15.3. The van der Waals surface area contributed by atoms with Crippen LogP contribution in [0.4, 0.5) is 0 Å². The number of rotatable bonds is 3. The molecule has 1 fully saturated rings. The van der Waals surface area contributed by atoms with E-state index in [4.69, 9.17) is 5.10 Å². The van der Waals surface area contributed by atoms with Gasteiger partial charge in [-0.05, 0) is 51.3 Å². The van der Waals surface area contributed by atoms with E-state index in [-0.39, 0.29) is 0 Å². The molecule has 0 radical (unpaired) electrons. The van der Waals surface area contributed by atoms with Crippen LogP contribution in [0.1, 0.15) is 31.9 Å². The number of hydrogen-bond acceptors (Lipinski definition) is 2. The first-order valence-corrected chi connectivity index (χ1v) is 7.53. The van der Waals surface area contributed by atoms with E-state index in [1.54, 1.807) is 0 Å². The second kappa shape index (κ2) is 5.74. The first kappa shape index (κ1) is 12.7. The smallest absolute Gasteiger partial charge is 0.0706 e. The van der Waals surface area contributed by atoms with Crippen molar-refractivity contribution in [3.63, 3.8) is 0 Å². The normalized spacial score (nSPS) is 20.6. The second-order valence-electron chi connectivity index (χ2n) is 5.55. The number of hydrogen-bond donors (Lipinski definition) is 1. The van der Waals surface area contributed by atoms with Crippen molar-refractivity contribution in [2.75, 3.05) is 13.1 Å². The van der Waals surface area contributed by atoms with Gasteiger partial charge in [0.1, 0.15) is 0 Å². The molecule has 1 aromatic heterocycles. The molecule has 1 N–H and O–H groups in total. The fourth-order valence-corrected chi connectivity index (χ4v) is 3.13. The minimum Gasteiger partial charge on any atom is -0.316 e. The highest BCUT2D eigenvalue weighted by Gasteiger charge is 2.16. The topological polar surface area (TPSA) is 29.9 Å². The summed E-state index contributed by atoms with van der Waals surface area (Å²) < 4.78 is 2.13. The van der Waals surface area contributed by atoms with E-state index in [9.17, 15) is 0 Å². The maximum atomic E-state index is 4.82. The molecule has 0 saturated carbocycles. The van der Waals surface area contributed by atoms with Gasteiger partial charge in [-0.2, -0.15) is 5.10 Å². The van der Waals surface area contributed by atoms with E-state index in [0.29, 0.717) is 0 Å². The van der Waals surface area contributed by atoms with E-state index >= 15 is 0 Å². The molecule has 0 aliphatic carbocycles. The van der Waals surface area contributed by atoms with Gasteiger partial charge in [-0.3, -0.25) is 4.68 Å². The zero-order chi connectivity index (χ0) is 13.1. The summed E-state index contributed by atoms with van der Waals surface area (Å²) in [5, 5.41) is 9.71. The number of aromatic nitrogens is 2. The van der Waals surface area contributed by atoms with E-state index < -0.39 is 0 Å². The van der Waals surface area contributed by atoms with Crippen molar-refractivity contribution >= 4 is 10.9 Å². The van der Waals surface area contributed by atoms with Crippen LogP contribution < -0.4 is 5.32 Å². The van der Waals surface area contributed by atoms with Crippen molar-refractivity contribution in [1.29, 1.82) is 0 Å². The minimum atomic E-state index is 0.742. The Labute approximate surface area is 115 Å². The highest BCUT2D eigenvalue weighted by molar-refractivity contribution is 5.81. The van der Waals surface area contributed by atoms with Crippen LogP contribution in [0.5, 0.6) is 0 Å². The van der Waals surface area contributed by atoms with Gasteiger partial charge in [-0.15, -0.1) is 0 Å². The molecule has 3 rings (SSSR count). The summed E-state index contributed by atoms with van der Waals surface area (Å²) in [7, 11) is 0. The molecule has 1 atom stereocenters. The fourth-order valence-electron chi connectivity index (χ4n) is 3.13. The molecule has 3 heteroatoms. The SMILES string of the molecule is CCn1nc(CC2CCCCNC2)c2ccccc21. The third-order valence-electron chi connectivity index (χ3n) is 4.16. The van der Waals surface area contributed by atoms with Crippen LogP contribution in [0.2, 0.25) is 0 Å². The molecule has 1 aliphatic heterocycles. The van der Waals surface area contributed by atoms with Crippen molar-refractivity contribution in [3.8, 4) is 0 Å². The summed E-state index contributed by atoms with van der Waals surface area (Å²) in [6.45, 7) is 5.44. The van der Waals surface area contributed by atoms with Crippen LogP contribution in [0.25, 0.3) is 10.9 Å². The van der Waals surface area contributed by atoms with E-state index in [2.05, 4.69) is 41.2 Å². The Morgan fingerprint density at radius 1 is 1.32 bits per heavy atom. The van der Waals surface area contributed by atoms with Crippen LogP contribution in [0.15, 0.2) is 24.3 Å². The molecule has 1 aromatic carbocycles. The van der Waals surface area contributed by atoms with Gasteiger partial charge in [-0.1, -0.05) is 24.6 Å². The predicted molar refractivity (Wildman–Crippen MR) is 79.3 cm³/mol. The van der Waals surface area contributed by atoms with Crippen molar-refractivity contribution in [1.82, 2.24) is 15.1 Å². The Morgan fingerprint density at radius 3 is 3.11 bits per heavy atom. The van der Waals surface area contributed by atoms with Gasteiger partial charge in [0.25, 0.3) is 0 Å². The molecular formula is C16H23N3. The number of para-hydroxylation sites is 1. The maximum Gasteiger partial charge on any atom is 0.0706 e. The largest absolute Gasteiger partial charge is 0.316 e. The van der Waals surface area contributed by atoms with Crippen LogP contribution in [0.3, 0.4) is 0 Å². The average Bonchev–Trinajstić information content (AvgIpc) is 2.62. The summed E-state index contributed by atoms with van der Waals surface area (Å²) in [5.74, 6) is 0.742. The van der Waals surface area contributed by atoms with Gasteiger partial charge >= 0.3 is 0 Å². The highest BCUT2D eigenvalue weighted by Crippen LogP contribution is 2.23. The lowest BCUT2D eigenvalue weighted by Crippen LogP contribution is -2.22. The maximum absolute atomic E-state index is 4.82. The van der Waals surface area contributed by atoms with Crippen LogP contribution in [-0.2, 0) is 13.0 Å². The van der Waals surface area contributed by atoms with Crippen molar-refractivity contribution in [2.24, 2.45) is 5.92 Å². The lowest BCUT2D eigenvalue weighted by Gasteiger charge is -2.12. The molecule has 0 amide bonds. The molecular weight excluding hydrogens is 234 g/mol. The average molecular weight is 257 g/mol. The fraction of sp³-hybridized carbons (Fsp3) is 0.562. The van der Waals surface area contributed by atoms with Crippen LogP contribution in [-0.4, -0.2) is 22.9 Å². The lowest BCUT2D eigenvalue weighted by atomic mass is 9.96. The Hall–Kier alpha value is -1.35. The number of aryl methyl sites for hydroxylation is 1. The van der Waals surface area contributed by atoms with Gasteiger partial charge < -0.3 is 5.32 Å². The molecule has 1 unspecified atom stereocenters. The minimum absolute atomic E-state index is 0.742.